The predicted octanol–water partition coefficient (Wildman–Crippen LogP) is 3.89. The molecule has 1 amide bonds. The minimum absolute atomic E-state index is 0. The highest BCUT2D eigenvalue weighted by Crippen LogP contribution is 2.30. The van der Waals surface area contributed by atoms with Crippen LogP contribution in [0, 0.1) is 12.3 Å². The van der Waals surface area contributed by atoms with E-state index in [1.165, 1.54) is 0 Å². The Morgan fingerprint density at radius 2 is 1.96 bits per heavy atom. The Bertz CT molecular complexity index is 601. The van der Waals surface area contributed by atoms with Gasteiger partial charge in [0.15, 0.2) is 6.10 Å². The minimum Gasteiger partial charge on any atom is -0.481 e. The van der Waals surface area contributed by atoms with Crippen molar-refractivity contribution in [2.45, 2.75) is 66.0 Å². The van der Waals surface area contributed by atoms with Crippen LogP contribution < -0.4 is 10.5 Å². The lowest BCUT2D eigenvalue weighted by Crippen LogP contribution is -2.56. The third-order valence-corrected chi connectivity index (χ3v) is 5.07. The number of aryl methyl sites for hydroxylation is 1. The van der Waals surface area contributed by atoms with E-state index in [0.29, 0.717) is 19.0 Å². The van der Waals surface area contributed by atoms with Gasteiger partial charge in [-0.15, -0.1) is 12.4 Å². The van der Waals surface area contributed by atoms with Gasteiger partial charge in [-0.2, -0.15) is 0 Å². The first-order valence-corrected chi connectivity index (χ1v) is 8.93. The standard InChI is InChI=1S/C20H32N2O2.ClH/c1-13(2)16-8-7-14(3)11-17(16)24-15(4)19(23)22-10-9-18(21)20(5,6)12-22;/h7-8,11,13,15,18H,9-10,12,21H2,1-6H3;1H. The van der Waals surface area contributed by atoms with Gasteiger partial charge in [0.25, 0.3) is 5.91 Å². The summed E-state index contributed by atoms with van der Waals surface area (Å²) in [7, 11) is 0. The van der Waals surface area contributed by atoms with Crippen LogP contribution in [-0.2, 0) is 4.79 Å². The van der Waals surface area contributed by atoms with E-state index in [9.17, 15) is 4.79 Å². The van der Waals surface area contributed by atoms with Crippen LogP contribution in [0.1, 0.15) is 58.1 Å². The highest BCUT2D eigenvalue weighted by Gasteiger charge is 2.37. The lowest BCUT2D eigenvalue weighted by Gasteiger charge is -2.43. The van der Waals surface area contributed by atoms with Crippen LogP contribution in [0.15, 0.2) is 18.2 Å². The number of nitrogens with two attached hydrogens (primary N) is 1. The molecular formula is C20H33ClN2O2. The van der Waals surface area contributed by atoms with Gasteiger partial charge in [-0.1, -0.05) is 39.8 Å². The number of hydrogen-bond donors (Lipinski definition) is 1. The lowest BCUT2D eigenvalue weighted by atomic mass is 9.79. The summed E-state index contributed by atoms with van der Waals surface area (Å²) in [6.07, 6.45) is 0.349. The molecule has 1 aliphatic heterocycles. The number of benzene rings is 1. The van der Waals surface area contributed by atoms with Gasteiger partial charge in [0.2, 0.25) is 0 Å². The fourth-order valence-corrected chi connectivity index (χ4v) is 3.28. The molecule has 1 aliphatic rings. The Morgan fingerprint density at radius 1 is 1.32 bits per heavy atom. The normalized spacial score (nSPS) is 20.8. The van der Waals surface area contributed by atoms with E-state index in [-0.39, 0.29) is 29.8 Å². The van der Waals surface area contributed by atoms with E-state index in [2.05, 4.69) is 39.8 Å². The molecule has 25 heavy (non-hydrogen) atoms. The summed E-state index contributed by atoms with van der Waals surface area (Å²) in [4.78, 5) is 14.7. The highest BCUT2D eigenvalue weighted by atomic mass is 35.5. The van der Waals surface area contributed by atoms with Crippen LogP contribution in [0.4, 0.5) is 0 Å². The zero-order chi connectivity index (χ0) is 18.1. The molecule has 0 aliphatic carbocycles. The number of carbonyl (C=O) groups is 1. The van der Waals surface area contributed by atoms with E-state index in [0.717, 1.165) is 23.3 Å². The van der Waals surface area contributed by atoms with Gasteiger partial charge < -0.3 is 15.4 Å². The molecule has 1 aromatic carbocycles. The van der Waals surface area contributed by atoms with Gasteiger partial charge in [-0.3, -0.25) is 4.79 Å². The molecule has 1 saturated heterocycles. The maximum Gasteiger partial charge on any atom is 0.263 e. The third kappa shape index (κ3) is 5.11. The molecule has 1 aromatic rings. The molecule has 142 valence electrons. The van der Waals surface area contributed by atoms with Crippen LogP contribution >= 0.6 is 12.4 Å². The van der Waals surface area contributed by atoms with Crippen molar-refractivity contribution >= 4 is 18.3 Å². The first-order valence-electron chi connectivity index (χ1n) is 8.93. The summed E-state index contributed by atoms with van der Waals surface area (Å²) >= 11 is 0. The van der Waals surface area contributed by atoms with E-state index < -0.39 is 6.10 Å². The van der Waals surface area contributed by atoms with Gasteiger partial charge in [0.05, 0.1) is 0 Å². The summed E-state index contributed by atoms with van der Waals surface area (Å²) < 4.78 is 6.08. The first-order chi connectivity index (χ1) is 11.1. The summed E-state index contributed by atoms with van der Waals surface area (Å²) in [6, 6.07) is 6.34. The average molecular weight is 369 g/mol. The molecule has 0 bridgehead atoms. The largest absolute Gasteiger partial charge is 0.481 e. The van der Waals surface area contributed by atoms with Crippen LogP contribution in [0.5, 0.6) is 5.75 Å². The molecule has 1 fully saturated rings. The highest BCUT2D eigenvalue weighted by molar-refractivity contribution is 5.85. The van der Waals surface area contributed by atoms with Gasteiger partial charge in [0.1, 0.15) is 5.75 Å². The average Bonchev–Trinajstić information content (AvgIpc) is 2.48. The smallest absolute Gasteiger partial charge is 0.263 e. The fourth-order valence-electron chi connectivity index (χ4n) is 3.28. The van der Waals surface area contributed by atoms with Gasteiger partial charge in [-0.05, 0) is 48.8 Å². The molecule has 2 N–H and O–H groups in total. The van der Waals surface area contributed by atoms with E-state index in [4.69, 9.17) is 10.5 Å². The van der Waals surface area contributed by atoms with Crippen molar-refractivity contribution in [3.8, 4) is 5.75 Å². The Kier molecular flexibility index (Phi) is 7.33. The van der Waals surface area contributed by atoms with Gasteiger partial charge in [0, 0.05) is 19.1 Å². The number of likely N-dealkylation sites (tertiary alicyclic amines) is 1. The zero-order valence-electron chi connectivity index (χ0n) is 16.3. The first kappa shape index (κ1) is 21.8. The number of amides is 1. The zero-order valence-corrected chi connectivity index (χ0v) is 17.2. The quantitative estimate of drug-likeness (QED) is 0.876. The molecule has 5 heteroatoms. The van der Waals surface area contributed by atoms with E-state index >= 15 is 0 Å². The molecule has 0 saturated carbocycles. The van der Waals surface area contributed by atoms with E-state index in [1.807, 2.05) is 24.8 Å². The molecule has 2 atom stereocenters. The van der Waals surface area contributed by atoms with Crippen molar-refractivity contribution in [1.29, 1.82) is 0 Å². The van der Waals surface area contributed by atoms with E-state index in [1.54, 1.807) is 0 Å². The molecule has 1 heterocycles. The van der Waals surface area contributed by atoms with Crippen molar-refractivity contribution in [2.24, 2.45) is 11.1 Å². The van der Waals surface area contributed by atoms with Crippen molar-refractivity contribution < 1.29 is 9.53 Å². The van der Waals surface area contributed by atoms with Crippen LogP contribution in [0.2, 0.25) is 0 Å². The Labute approximate surface area is 158 Å². The molecule has 0 spiro atoms. The summed E-state index contributed by atoms with van der Waals surface area (Å²) in [5.74, 6) is 1.22. The molecule has 0 aromatic heterocycles. The molecule has 2 rings (SSSR count). The van der Waals surface area contributed by atoms with Crippen molar-refractivity contribution in [3.05, 3.63) is 29.3 Å². The minimum atomic E-state index is -0.491. The second-order valence-corrected chi connectivity index (χ2v) is 8.10. The summed E-state index contributed by atoms with van der Waals surface area (Å²) in [5, 5.41) is 0. The Morgan fingerprint density at radius 3 is 2.52 bits per heavy atom. The second kappa shape index (κ2) is 8.41. The van der Waals surface area contributed by atoms with Crippen molar-refractivity contribution in [2.75, 3.05) is 13.1 Å². The maximum absolute atomic E-state index is 12.8. The summed E-state index contributed by atoms with van der Waals surface area (Å²) in [5.41, 5.74) is 8.40. The lowest BCUT2D eigenvalue weighted by molar-refractivity contribution is -0.141. The van der Waals surface area contributed by atoms with Crippen LogP contribution in [0.25, 0.3) is 0 Å². The maximum atomic E-state index is 12.8. The van der Waals surface area contributed by atoms with Crippen molar-refractivity contribution in [3.63, 3.8) is 0 Å². The number of ether oxygens (including phenoxy) is 1. The van der Waals surface area contributed by atoms with Gasteiger partial charge >= 0.3 is 0 Å². The second-order valence-electron chi connectivity index (χ2n) is 8.10. The molecule has 4 nitrogen and oxygen atoms in total. The molecule has 2 unspecified atom stereocenters. The number of piperidine rings is 1. The number of hydrogen-bond acceptors (Lipinski definition) is 3. The molecule has 0 radical (unpaired) electrons. The topological polar surface area (TPSA) is 55.6 Å². The van der Waals surface area contributed by atoms with Crippen LogP contribution in [-0.4, -0.2) is 36.0 Å². The number of halogens is 1. The Balaban J connectivity index is 0.00000312. The van der Waals surface area contributed by atoms with Gasteiger partial charge in [-0.25, -0.2) is 0 Å². The number of nitrogens with zero attached hydrogens (tertiary/aromatic N) is 1. The number of carbonyl (C=O) groups excluding carboxylic acids is 1. The SMILES string of the molecule is Cc1ccc(C(C)C)c(OC(C)C(=O)N2CCC(N)C(C)(C)C2)c1.Cl. The van der Waals surface area contributed by atoms with Crippen molar-refractivity contribution in [1.82, 2.24) is 4.90 Å². The molecular weight excluding hydrogens is 336 g/mol. The third-order valence-electron chi connectivity index (χ3n) is 5.07. The monoisotopic (exact) mass is 368 g/mol. The fraction of sp³-hybridized carbons (Fsp3) is 0.650. The Hall–Kier alpha value is -1.26. The summed E-state index contributed by atoms with van der Waals surface area (Å²) in [6.45, 7) is 13.8. The predicted molar refractivity (Wildman–Crippen MR) is 106 cm³/mol. The van der Waals surface area contributed by atoms with Crippen LogP contribution in [0.3, 0.4) is 0 Å². The number of rotatable bonds is 4.